The fourth-order valence-corrected chi connectivity index (χ4v) is 6.56. The third-order valence-electron chi connectivity index (χ3n) is 7.59. The fourth-order valence-electron chi connectivity index (χ4n) is 6.56. The zero-order valence-corrected chi connectivity index (χ0v) is 13.3. The Morgan fingerprint density at radius 3 is 2.86 bits per heavy atom. The molecule has 0 aliphatic heterocycles. The van der Waals surface area contributed by atoms with Crippen molar-refractivity contribution in [1.82, 2.24) is 0 Å². The minimum atomic E-state index is -0.0828. The van der Waals surface area contributed by atoms with Crippen molar-refractivity contribution in [2.24, 2.45) is 35.0 Å². The molecule has 1 N–H and O–H groups in total. The van der Waals surface area contributed by atoms with Crippen LogP contribution in [-0.2, 0) is 4.79 Å². The van der Waals surface area contributed by atoms with Crippen molar-refractivity contribution in [2.45, 2.75) is 64.9 Å². The molecule has 3 fully saturated rings. The number of carbonyl (C=O) groups is 1. The van der Waals surface area contributed by atoms with Gasteiger partial charge in [0, 0.05) is 6.42 Å². The molecule has 4 aliphatic carbocycles. The summed E-state index contributed by atoms with van der Waals surface area (Å²) in [6, 6.07) is 0. The average molecular weight is 288 g/mol. The van der Waals surface area contributed by atoms with Crippen LogP contribution < -0.4 is 0 Å². The van der Waals surface area contributed by atoms with Gasteiger partial charge in [0.2, 0.25) is 0 Å². The number of aliphatic hydroxyl groups excluding tert-OH is 1. The molecule has 0 aromatic heterocycles. The Bertz CT molecular complexity index is 494. The predicted octanol–water partition coefficient (Wildman–Crippen LogP) is 3.74. The topological polar surface area (TPSA) is 37.3 Å². The van der Waals surface area contributed by atoms with E-state index in [2.05, 4.69) is 13.8 Å². The number of allylic oxidation sites excluding steroid dienone is 1. The molecule has 4 unspecified atom stereocenters. The molecule has 116 valence electrons. The van der Waals surface area contributed by atoms with Crippen molar-refractivity contribution in [2.75, 3.05) is 0 Å². The Morgan fingerprint density at radius 2 is 2.05 bits per heavy atom. The third kappa shape index (κ3) is 1.91. The van der Waals surface area contributed by atoms with Crippen molar-refractivity contribution in [3.63, 3.8) is 0 Å². The van der Waals surface area contributed by atoms with Crippen LogP contribution in [0.4, 0.5) is 0 Å². The second kappa shape index (κ2) is 4.68. The fraction of sp³-hybridized carbons (Fsp3) is 0.842. The zero-order chi connectivity index (χ0) is 14.8. The summed E-state index contributed by atoms with van der Waals surface area (Å²) < 4.78 is 0. The van der Waals surface area contributed by atoms with E-state index in [-0.39, 0.29) is 11.5 Å². The largest absolute Gasteiger partial charge is 0.393 e. The van der Waals surface area contributed by atoms with E-state index < -0.39 is 0 Å². The van der Waals surface area contributed by atoms with Gasteiger partial charge in [-0.05, 0) is 79.6 Å². The zero-order valence-electron chi connectivity index (χ0n) is 13.3. The lowest BCUT2D eigenvalue weighted by Crippen LogP contribution is -2.50. The molecule has 0 radical (unpaired) electrons. The minimum absolute atomic E-state index is 0.0828. The highest BCUT2D eigenvalue weighted by Gasteiger charge is 2.57. The molecule has 0 aromatic carbocycles. The van der Waals surface area contributed by atoms with Gasteiger partial charge in [0.25, 0.3) is 0 Å². The van der Waals surface area contributed by atoms with Gasteiger partial charge in [0.1, 0.15) is 0 Å². The summed E-state index contributed by atoms with van der Waals surface area (Å²) in [5, 5.41) is 10.5. The van der Waals surface area contributed by atoms with Crippen molar-refractivity contribution in [1.29, 1.82) is 0 Å². The minimum Gasteiger partial charge on any atom is -0.393 e. The van der Waals surface area contributed by atoms with E-state index >= 15 is 0 Å². The lowest BCUT2D eigenvalue weighted by Gasteiger charge is -2.55. The van der Waals surface area contributed by atoms with E-state index in [1.807, 2.05) is 6.08 Å². The summed E-state index contributed by atoms with van der Waals surface area (Å²) in [5.74, 6) is 3.96. The van der Waals surface area contributed by atoms with Gasteiger partial charge in [-0.3, -0.25) is 4.79 Å². The van der Waals surface area contributed by atoms with Crippen LogP contribution in [-0.4, -0.2) is 17.0 Å². The first-order valence-corrected chi connectivity index (χ1v) is 8.92. The maximum absolute atomic E-state index is 11.8. The molecule has 0 spiro atoms. The van der Waals surface area contributed by atoms with Crippen LogP contribution in [0.2, 0.25) is 0 Å². The molecule has 4 rings (SSSR count). The average Bonchev–Trinajstić information content (AvgIpc) is 2.74. The third-order valence-corrected chi connectivity index (χ3v) is 7.59. The monoisotopic (exact) mass is 288 g/mol. The van der Waals surface area contributed by atoms with Crippen molar-refractivity contribution in [3.05, 3.63) is 11.6 Å². The van der Waals surface area contributed by atoms with Crippen LogP contribution >= 0.6 is 0 Å². The molecule has 0 bridgehead atoms. The first-order valence-electron chi connectivity index (χ1n) is 8.92. The Kier molecular flexibility index (Phi) is 3.12. The first kappa shape index (κ1) is 14.0. The molecule has 21 heavy (non-hydrogen) atoms. The second-order valence-electron chi connectivity index (χ2n) is 8.50. The SMILES string of the molecule is C[C@@H]1CC2=CC(=O)CCC2C2CC[C@@]3(C)C(CC[C@@H]3O)C21. The lowest BCUT2D eigenvalue weighted by molar-refractivity contribution is -0.116. The van der Waals surface area contributed by atoms with Crippen LogP contribution in [0.25, 0.3) is 0 Å². The van der Waals surface area contributed by atoms with Gasteiger partial charge >= 0.3 is 0 Å². The van der Waals surface area contributed by atoms with Crippen LogP contribution in [0.15, 0.2) is 11.6 Å². The quantitative estimate of drug-likeness (QED) is 0.737. The maximum atomic E-state index is 11.8. The molecule has 2 nitrogen and oxygen atoms in total. The maximum Gasteiger partial charge on any atom is 0.155 e. The number of ketones is 1. The highest BCUT2D eigenvalue weighted by molar-refractivity contribution is 5.91. The van der Waals surface area contributed by atoms with Crippen LogP contribution in [0.3, 0.4) is 0 Å². The molecule has 0 saturated heterocycles. The van der Waals surface area contributed by atoms with Gasteiger partial charge < -0.3 is 5.11 Å². The van der Waals surface area contributed by atoms with Crippen LogP contribution in [0.5, 0.6) is 0 Å². The number of fused-ring (bicyclic) bond motifs is 5. The number of aliphatic hydroxyl groups is 1. The molecule has 2 heteroatoms. The van der Waals surface area contributed by atoms with Crippen LogP contribution in [0, 0.1) is 35.0 Å². The summed E-state index contributed by atoms with van der Waals surface area (Å²) in [6.45, 7) is 4.73. The van der Waals surface area contributed by atoms with Gasteiger partial charge in [0.05, 0.1) is 6.10 Å². The summed E-state index contributed by atoms with van der Waals surface area (Å²) >= 11 is 0. The normalized spacial score (nSPS) is 52.7. The van der Waals surface area contributed by atoms with Crippen molar-refractivity contribution < 1.29 is 9.90 Å². The molecule has 0 aromatic rings. The molecular weight excluding hydrogens is 260 g/mol. The van der Waals surface area contributed by atoms with E-state index in [0.717, 1.165) is 37.5 Å². The summed E-state index contributed by atoms with van der Waals surface area (Å²) in [4.78, 5) is 11.8. The van der Waals surface area contributed by atoms with E-state index in [0.29, 0.717) is 23.5 Å². The van der Waals surface area contributed by atoms with Gasteiger partial charge in [-0.25, -0.2) is 0 Å². The Hall–Kier alpha value is -0.630. The number of hydrogen-bond acceptors (Lipinski definition) is 2. The lowest BCUT2D eigenvalue weighted by atomic mass is 9.49. The van der Waals surface area contributed by atoms with Gasteiger partial charge in [-0.15, -0.1) is 0 Å². The Morgan fingerprint density at radius 1 is 1.24 bits per heavy atom. The van der Waals surface area contributed by atoms with Crippen LogP contribution in [0.1, 0.15) is 58.8 Å². The first-order chi connectivity index (χ1) is 10.0. The predicted molar refractivity (Wildman–Crippen MR) is 82.6 cm³/mol. The van der Waals surface area contributed by atoms with E-state index in [1.54, 1.807) is 0 Å². The van der Waals surface area contributed by atoms with Crippen molar-refractivity contribution >= 4 is 5.78 Å². The number of rotatable bonds is 0. The van der Waals surface area contributed by atoms with Gasteiger partial charge in [-0.2, -0.15) is 0 Å². The molecule has 0 heterocycles. The second-order valence-corrected chi connectivity index (χ2v) is 8.50. The summed E-state index contributed by atoms with van der Waals surface area (Å²) in [7, 11) is 0. The van der Waals surface area contributed by atoms with Gasteiger partial charge in [0.15, 0.2) is 5.78 Å². The van der Waals surface area contributed by atoms with E-state index in [4.69, 9.17) is 0 Å². The molecule has 0 amide bonds. The Balaban J connectivity index is 1.68. The molecular formula is C19H28O2. The Labute approximate surface area is 128 Å². The molecule has 7 atom stereocenters. The smallest absolute Gasteiger partial charge is 0.155 e. The molecule has 4 aliphatic rings. The number of hydrogen-bond donors (Lipinski definition) is 1. The molecule has 3 saturated carbocycles. The van der Waals surface area contributed by atoms with Crippen molar-refractivity contribution in [3.8, 4) is 0 Å². The van der Waals surface area contributed by atoms with E-state index in [9.17, 15) is 9.90 Å². The highest BCUT2D eigenvalue weighted by atomic mass is 16.3. The van der Waals surface area contributed by atoms with E-state index in [1.165, 1.54) is 24.8 Å². The summed E-state index contributed by atoms with van der Waals surface area (Å²) in [6.07, 6.45) is 9.54. The highest BCUT2D eigenvalue weighted by Crippen LogP contribution is 2.62. The summed E-state index contributed by atoms with van der Waals surface area (Å²) in [5.41, 5.74) is 1.63. The van der Waals surface area contributed by atoms with Gasteiger partial charge in [-0.1, -0.05) is 19.4 Å². The number of carbonyl (C=O) groups excluding carboxylic acids is 1. The standard InChI is InChI=1S/C19H28O2/c1-11-9-12-10-13(20)3-4-14(12)15-7-8-19(2)16(18(11)15)5-6-17(19)21/h10-11,14-18,21H,3-9H2,1-2H3/t11-,14?,15?,16?,17+,18?,19+/m1/s1.